The number of phenolic OH excluding ortho intramolecular Hbond substituents is 1. The topological polar surface area (TPSA) is 69.6 Å². The van der Waals surface area contributed by atoms with Crippen molar-refractivity contribution in [3.63, 3.8) is 0 Å². The first-order valence-electron chi connectivity index (χ1n) is 8.58. The van der Waals surface area contributed by atoms with E-state index in [2.05, 4.69) is 5.32 Å². The van der Waals surface area contributed by atoms with Crippen molar-refractivity contribution < 1.29 is 14.7 Å². The summed E-state index contributed by atoms with van der Waals surface area (Å²) in [5.41, 5.74) is 3.13. The molecule has 5 heteroatoms. The Morgan fingerprint density at radius 1 is 1.16 bits per heavy atom. The third-order valence-electron chi connectivity index (χ3n) is 4.49. The number of aromatic hydroxyl groups is 1. The highest BCUT2D eigenvalue weighted by Gasteiger charge is 2.21. The number of nitrogens with one attached hydrogen (secondary N) is 1. The fourth-order valence-electron chi connectivity index (χ4n) is 2.98. The molecular weight excluding hydrogens is 316 g/mol. The Hall–Kier alpha value is -2.82. The lowest BCUT2D eigenvalue weighted by atomic mass is 10.1. The van der Waals surface area contributed by atoms with E-state index >= 15 is 0 Å². The molecule has 0 atom stereocenters. The average Bonchev–Trinajstić information content (AvgIpc) is 3.06. The number of hydrogen-bond donors (Lipinski definition) is 2. The van der Waals surface area contributed by atoms with Crippen LogP contribution < -0.4 is 10.2 Å². The first kappa shape index (κ1) is 17.0. The van der Waals surface area contributed by atoms with Gasteiger partial charge in [-0.05, 0) is 48.2 Å². The monoisotopic (exact) mass is 338 g/mol. The standard InChI is InChI=1S/C20H22N2O3/c1-2-14-7-10-18(23)17(12-14)20(25)21-13-15-5-8-16(9-6-15)22-11-3-4-19(22)24/h5-10,12,23H,2-4,11,13H2,1H3,(H,21,25). The number of rotatable bonds is 5. The number of amides is 2. The smallest absolute Gasteiger partial charge is 0.255 e. The molecule has 1 fully saturated rings. The molecule has 5 nitrogen and oxygen atoms in total. The van der Waals surface area contributed by atoms with Crippen LogP contribution in [0.3, 0.4) is 0 Å². The third-order valence-corrected chi connectivity index (χ3v) is 4.49. The van der Waals surface area contributed by atoms with Gasteiger partial charge in [0.25, 0.3) is 5.91 Å². The van der Waals surface area contributed by atoms with Crippen LogP contribution in [-0.2, 0) is 17.8 Å². The predicted octanol–water partition coefficient (Wildman–Crippen LogP) is 3.01. The summed E-state index contributed by atoms with van der Waals surface area (Å²) in [5, 5.41) is 12.7. The molecule has 2 aromatic rings. The van der Waals surface area contributed by atoms with Crippen LogP contribution in [0.2, 0.25) is 0 Å². The van der Waals surface area contributed by atoms with Crippen LogP contribution in [-0.4, -0.2) is 23.5 Å². The van der Waals surface area contributed by atoms with Gasteiger partial charge in [-0.15, -0.1) is 0 Å². The van der Waals surface area contributed by atoms with E-state index in [9.17, 15) is 14.7 Å². The Labute approximate surface area is 147 Å². The molecule has 0 aliphatic carbocycles. The summed E-state index contributed by atoms with van der Waals surface area (Å²) in [7, 11) is 0. The highest BCUT2D eigenvalue weighted by molar-refractivity contribution is 5.97. The van der Waals surface area contributed by atoms with Gasteiger partial charge in [0.1, 0.15) is 5.75 Å². The van der Waals surface area contributed by atoms with Crippen molar-refractivity contribution in [3.05, 3.63) is 59.2 Å². The lowest BCUT2D eigenvalue weighted by Gasteiger charge is -2.16. The summed E-state index contributed by atoms with van der Waals surface area (Å²) in [5.74, 6) is -0.156. The fraction of sp³-hybridized carbons (Fsp3) is 0.300. The number of carbonyl (C=O) groups excluding carboxylic acids is 2. The quantitative estimate of drug-likeness (QED) is 0.880. The highest BCUT2D eigenvalue weighted by atomic mass is 16.3. The van der Waals surface area contributed by atoms with E-state index in [1.165, 1.54) is 0 Å². The lowest BCUT2D eigenvalue weighted by Crippen LogP contribution is -2.24. The molecule has 0 spiro atoms. The zero-order valence-electron chi connectivity index (χ0n) is 14.3. The molecular formula is C20H22N2O3. The number of aryl methyl sites for hydroxylation is 1. The Morgan fingerprint density at radius 3 is 2.52 bits per heavy atom. The number of carbonyl (C=O) groups is 2. The molecule has 2 amide bonds. The largest absolute Gasteiger partial charge is 0.507 e. The second-order valence-corrected chi connectivity index (χ2v) is 6.20. The Balaban J connectivity index is 1.63. The Kier molecular flexibility index (Phi) is 5.03. The van der Waals surface area contributed by atoms with E-state index in [-0.39, 0.29) is 17.6 Å². The van der Waals surface area contributed by atoms with Crippen molar-refractivity contribution in [2.75, 3.05) is 11.4 Å². The highest BCUT2D eigenvalue weighted by Crippen LogP contribution is 2.22. The maximum Gasteiger partial charge on any atom is 0.255 e. The second kappa shape index (κ2) is 7.38. The van der Waals surface area contributed by atoms with Crippen molar-refractivity contribution in [3.8, 4) is 5.75 Å². The number of anilines is 1. The van der Waals surface area contributed by atoms with Gasteiger partial charge in [-0.3, -0.25) is 9.59 Å². The molecule has 1 heterocycles. The van der Waals surface area contributed by atoms with Crippen LogP contribution in [0.15, 0.2) is 42.5 Å². The zero-order chi connectivity index (χ0) is 17.8. The minimum absolute atomic E-state index is 0.0161. The van der Waals surface area contributed by atoms with Gasteiger partial charge in [0.15, 0.2) is 0 Å². The molecule has 0 bridgehead atoms. The van der Waals surface area contributed by atoms with Crippen molar-refractivity contribution >= 4 is 17.5 Å². The molecule has 3 rings (SSSR count). The van der Waals surface area contributed by atoms with Gasteiger partial charge in [-0.2, -0.15) is 0 Å². The molecule has 0 unspecified atom stereocenters. The SMILES string of the molecule is CCc1ccc(O)c(C(=O)NCc2ccc(N3CCCC3=O)cc2)c1. The van der Waals surface area contributed by atoms with E-state index in [0.717, 1.165) is 36.2 Å². The van der Waals surface area contributed by atoms with Crippen LogP contribution in [0.5, 0.6) is 5.75 Å². The molecule has 1 aliphatic heterocycles. The molecule has 2 aromatic carbocycles. The molecule has 2 N–H and O–H groups in total. The molecule has 130 valence electrons. The summed E-state index contributed by atoms with van der Waals surface area (Å²) in [6.45, 7) is 3.13. The minimum atomic E-state index is -0.299. The van der Waals surface area contributed by atoms with E-state index < -0.39 is 0 Å². The van der Waals surface area contributed by atoms with Crippen molar-refractivity contribution in [2.24, 2.45) is 0 Å². The number of phenols is 1. The normalized spacial score (nSPS) is 14.0. The van der Waals surface area contributed by atoms with Crippen LogP contribution in [0.4, 0.5) is 5.69 Å². The van der Waals surface area contributed by atoms with Gasteiger partial charge in [-0.25, -0.2) is 0 Å². The Bertz CT molecular complexity index is 784. The molecule has 0 radical (unpaired) electrons. The first-order chi connectivity index (χ1) is 12.1. The summed E-state index contributed by atoms with van der Waals surface area (Å²) in [4.78, 5) is 25.9. The predicted molar refractivity (Wildman–Crippen MR) is 96.7 cm³/mol. The van der Waals surface area contributed by atoms with Gasteiger partial charge < -0.3 is 15.3 Å². The maximum absolute atomic E-state index is 12.3. The van der Waals surface area contributed by atoms with Gasteiger partial charge in [0.05, 0.1) is 5.56 Å². The van der Waals surface area contributed by atoms with Crippen LogP contribution in [0, 0.1) is 0 Å². The Morgan fingerprint density at radius 2 is 1.88 bits per heavy atom. The molecule has 1 aliphatic rings. The van der Waals surface area contributed by atoms with Crippen molar-refractivity contribution in [1.82, 2.24) is 5.32 Å². The number of nitrogens with zero attached hydrogens (tertiary/aromatic N) is 1. The van der Waals surface area contributed by atoms with E-state index in [4.69, 9.17) is 0 Å². The van der Waals surface area contributed by atoms with Gasteiger partial charge in [0, 0.05) is 25.2 Å². The maximum atomic E-state index is 12.3. The van der Waals surface area contributed by atoms with Crippen LogP contribution in [0.25, 0.3) is 0 Å². The van der Waals surface area contributed by atoms with Gasteiger partial charge in [0.2, 0.25) is 5.91 Å². The van der Waals surface area contributed by atoms with Gasteiger partial charge >= 0.3 is 0 Å². The summed E-state index contributed by atoms with van der Waals surface area (Å²) < 4.78 is 0. The van der Waals surface area contributed by atoms with E-state index in [1.807, 2.05) is 37.3 Å². The van der Waals surface area contributed by atoms with E-state index in [1.54, 1.807) is 17.0 Å². The first-order valence-corrected chi connectivity index (χ1v) is 8.58. The second-order valence-electron chi connectivity index (χ2n) is 6.20. The van der Waals surface area contributed by atoms with Crippen molar-refractivity contribution in [1.29, 1.82) is 0 Å². The number of benzene rings is 2. The van der Waals surface area contributed by atoms with Crippen LogP contribution >= 0.6 is 0 Å². The summed E-state index contributed by atoms with van der Waals surface area (Å²) in [6.07, 6.45) is 2.31. The van der Waals surface area contributed by atoms with E-state index in [0.29, 0.717) is 18.5 Å². The zero-order valence-corrected chi connectivity index (χ0v) is 14.3. The van der Waals surface area contributed by atoms with Crippen molar-refractivity contribution in [2.45, 2.75) is 32.7 Å². The summed E-state index contributed by atoms with van der Waals surface area (Å²) >= 11 is 0. The molecule has 0 saturated carbocycles. The lowest BCUT2D eigenvalue weighted by molar-refractivity contribution is -0.117. The average molecular weight is 338 g/mol. The molecule has 1 saturated heterocycles. The third kappa shape index (κ3) is 3.82. The molecule has 25 heavy (non-hydrogen) atoms. The summed E-state index contributed by atoms with van der Waals surface area (Å²) in [6, 6.07) is 12.7. The van der Waals surface area contributed by atoms with Crippen LogP contribution in [0.1, 0.15) is 41.3 Å². The number of hydrogen-bond acceptors (Lipinski definition) is 3. The minimum Gasteiger partial charge on any atom is -0.507 e. The fourth-order valence-corrected chi connectivity index (χ4v) is 2.98. The van der Waals surface area contributed by atoms with Gasteiger partial charge in [-0.1, -0.05) is 25.1 Å². The molecule has 0 aromatic heterocycles.